The van der Waals surface area contributed by atoms with E-state index in [1.165, 1.54) is 16.0 Å². The summed E-state index contributed by atoms with van der Waals surface area (Å²) in [4.78, 5) is 45.4. The number of amides is 3. The number of piperidine rings is 2. The zero-order valence-corrected chi connectivity index (χ0v) is 22.2. The maximum absolute atomic E-state index is 13.0. The Balaban J connectivity index is 1.05. The van der Waals surface area contributed by atoms with E-state index in [9.17, 15) is 19.5 Å². The number of nitrogens with zero attached hydrogens (tertiary/aromatic N) is 3. The summed E-state index contributed by atoms with van der Waals surface area (Å²) in [6, 6.07) is 11.7. The molecule has 3 amide bonds. The van der Waals surface area contributed by atoms with Crippen molar-refractivity contribution in [2.45, 2.75) is 69.7 Å². The van der Waals surface area contributed by atoms with Gasteiger partial charge in [-0.15, -0.1) is 0 Å². The summed E-state index contributed by atoms with van der Waals surface area (Å²) in [5, 5.41) is 13.8. The topological polar surface area (TPSA) is 112 Å². The first-order chi connectivity index (χ1) is 18.9. The first kappa shape index (κ1) is 26.1. The highest BCUT2D eigenvalue weighted by atomic mass is 16.5. The van der Waals surface area contributed by atoms with Gasteiger partial charge in [-0.2, -0.15) is 0 Å². The predicted octanol–water partition coefficient (Wildman–Crippen LogP) is 2.30. The van der Waals surface area contributed by atoms with Crippen LogP contribution in [0.4, 0.5) is 0 Å². The molecule has 4 aliphatic heterocycles. The van der Waals surface area contributed by atoms with Gasteiger partial charge in [-0.3, -0.25) is 29.6 Å². The van der Waals surface area contributed by atoms with Crippen LogP contribution in [0.2, 0.25) is 0 Å². The van der Waals surface area contributed by atoms with Crippen LogP contribution in [0.25, 0.3) is 0 Å². The second-order valence-corrected chi connectivity index (χ2v) is 11.5. The van der Waals surface area contributed by atoms with Gasteiger partial charge in [0.2, 0.25) is 11.8 Å². The van der Waals surface area contributed by atoms with Gasteiger partial charge < -0.3 is 14.7 Å². The number of fused-ring (bicyclic) bond motifs is 1. The van der Waals surface area contributed by atoms with Gasteiger partial charge in [-0.05, 0) is 67.7 Å². The Hall–Kier alpha value is -3.14. The number of benzene rings is 1. The Morgan fingerprint density at radius 3 is 2.41 bits per heavy atom. The molecule has 2 N–H and O–H groups in total. The van der Waals surface area contributed by atoms with Gasteiger partial charge in [-0.25, -0.2) is 0 Å². The first-order valence-corrected chi connectivity index (χ1v) is 14.1. The van der Waals surface area contributed by atoms with Crippen LogP contribution in [-0.2, 0) is 39.4 Å². The largest absolute Gasteiger partial charge is 0.383 e. The van der Waals surface area contributed by atoms with Gasteiger partial charge in [0, 0.05) is 39.3 Å². The summed E-state index contributed by atoms with van der Waals surface area (Å²) < 4.78 is 5.48. The highest BCUT2D eigenvalue weighted by Gasteiger charge is 2.41. The second-order valence-electron chi connectivity index (χ2n) is 11.5. The normalized spacial score (nSPS) is 24.1. The number of pyridine rings is 1. The Bertz CT molecular complexity index is 1250. The third-order valence-corrected chi connectivity index (χ3v) is 8.83. The molecule has 1 unspecified atom stereocenters. The highest BCUT2D eigenvalue weighted by Crippen LogP contribution is 2.35. The summed E-state index contributed by atoms with van der Waals surface area (Å²) >= 11 is 0. The van der Waals surface area contributed by atoms with Crippen LogP contribution < -0.4 is 5.32 Å². The molecule has 1 atom stereocenters. The van der Waals surface area contributed by atoms with E-state index in [1.807, 2.05) is 0 Å². The van der Waals surface area contributed by atoms with E-state index in [4.69, 9.17) is 9.72 Å². The molecule has 5 heterocycles. The molecule has 6 rings (SSSR count). The summed E-state index contributed by atoms with van der Waals surface area (Å²) in [5.74, 6) is -0.278. The van der Waals surface area contributed by atoms with Crippen molar-refractivity contribution in [3.05, 3.63) is 64.5 Å². The maximum Gasteiger partial charge on any atom is 0.256 e. The zero-order chi connectivity index (χ0) is 27.0. The SMILES string of the molecule is O=C1CCC(N2Cc3nc(C4(O)CCN(Cc5ccc(CC6CCOCC6)cc5)CC4)ccc3C2=O)C(=O)N1. The van der Waals surface area contributed by atoms with Crippen molar-refractivity contribution in [3.8, 4) is 0 Å². The van der Waals surface area contributed by atoms with Crippen LogP contribution >= 0.6 is 0 Å². The monoisotopic (exact) mass is 532 g/mol. The number of hydrogen-bond donors (Lipinski definition) is 2. The second kappa shape index (κ2) is 10.8. The fourth-order valence-electron chi connectivity index (χ4n) is 6.35. The van der Waals surface area contributed by atoms with E-state index >= 15 is 0 Å². The summed E-state index contributed by atoms with van der Waals surface area (Å²) in [6.07, 6.45) is 5.06. The van der Waals surface area contributed by atoms with Gasteiger partial charge >= 0.3 is 0 Å². The third kappa shape index (κ3) is 5.48. The quantitative estimate of drug-likeness (QED) is 0.549. The molecule has 39 heavy (non-hydrogen) atoms. The molecule has 0 saturated carbocycles. The molecule has 9 heteroatoms. The molecule has 3 fully saturated rings. The third-order valence-electron chi connectivity index (χ3n) is 8.83. The summed E-state index contributed by atoms with van der Waals surface area (Å²) in [7, 11) is 0. The fraction of sp³-hybridized carbons (Fsp3) is 0.533. The van der Waals surface area contributed by atoms with Crippen molar-refractivity contribution in [3.63, 3.8) is 0 Å². The summed E-state index contributed by atoms with van der Waals surface area (Å²) in [5.41, 5.74) is 3.24. The number of ether oxygens (including phenoxy) is 1. The van der Waals surface area contributed by atoms with Crippen molar-refractivity contribution in [2.24, 2.45) is 5.92 Å². The smallest absolute Gasteiger partial charge is 0.256 e. The molecule has 2 aromatic rings. The number of carbonyl (C=O) groups excluding carboxylic acids is 3. The average Bonchev–Trinajstić information content (AvgIpc) is 3.27. The highest BCUT2D eigenvalue weighted by molar-refractivity contribution is 6.05. The standard InChI is InChI=1S/C30H36N4O5/c35-27-8-6-25(28(36)32-27)34-19-24-23(29(34)37)5-7-26(31-24)30(38)11-13-33(14-12-30)18-22-3-1-20(2-4-22)17-21-9-15-39-16-10-21/h1-5,7,21,25,38H,6,8-19H2,(H,32,35,36). The predicted molar refractivity (Wildman–Crippen MR) is 142 cm³/mol. The maximum atomic E-state index is 13.0. The van der Waals surface area contributed by atoms with Gasteiger partial charge in [0.25, 0.3) is 5.91 Å². The van der Waals surface area contributed by atoms with Crippen molar-refractivity contribution >= 4 is 17.7 Å². The van der Waals surface area contributed by atoms with E-state index in [0.717, 1.165) is 58.0 Å². The molecule has 206 valence electrons. The first-order valence-electron chi connectivity index (χ1n) is 14.1. The zero-order valence-electron chi connectivity index (χ0n) is 22.2. The number of hydrogen-bond acceptors (Lipinski definition) is 7. The van der Waals surface area contributed by atoms with E-state index in [-0.39, 0.29) is 24.8 Å². The van der Waals surface area contributed by atoms with E-state index in [2.05, 4.69) is 34.5 Å². The van der Waals surface area contributed by atoms with Crippen LogP contribution in [0.1, 0.15) is 71.4 Å². The fourth-order valence-corrected chi connectivity index (χ4v) is 6.35. The number of imide groups is 1. The number of carbonyl (C=O) groups is 3. The van der Waals surface area contributed by atoms with Gasteiger partial charge in [0.1, 0.15) is 11.6 Å². The van der Waals surface area contributed by atoms with Crippen LogP contribution in [0, 0.1) is 5.92 Å². The molecule has 0 radical (unpaired) electrons. The van der Waals surface area contributed by atoms with Gasteiger partial charge in [0.05, 0.1) is 23.5 Å². The van der Waals surface area contributed by atoms with E-state index < -0.39 is 17.6 Å². The van der Waals surface area contributed by atoms with Crippen molar-refractivity contribution in [1.82, 2.24) is 20.1 Å². The minimum Gasteiger partial charge on any atom is -0.383 e. The molecule has 4 aliphatic rings. The van der Waals surface area contributed by atoms with Crippen molar-refractivity contribution < 1.29 is 24.2 Å². The van der Waals surface area contributed by atoms with Crippen LogP contribution in [-0.4, -0.2) is 70.0 Å². The molecule has 1 aromatic carbocycles. The molecular formula is C30H36N4O5. The Labute approximate surface area is 228 Å². The Kier molecular flexibility index (Phi) is 7.22. The number of aromatic nitrogens is 1. The Morgan fingerprint density at radius 2 is 1.69 bits per heavy atom. The lowest BCUT2D eigenvalue weighted by atomic mass is 9.87. The average molecular weight is 533 g/mol. The van der Waals surface area contributed by atoms with E-state index in [1.54, 1.807) is 12.1 Å². The number of likely N-dealkylation sites (tertiary alicyclic amines) is 1. The number of aliphatic hydroxyl groups is 1. The molecule has 0 aliphatic carbocycles. The lowest BCUT2D eigenvalue weighted by Crippen LogP contribution is -2.52. The van der Waals surface area contributed by atoms with Gasteiger partial charge in [-0.1, -0.05) is 24.3 Å². The molecule has 0 spiro atoms. The Morgan fingerprint density at radius 1 is 0.974 bits per heavy atom. The van der Waals surface area contributed by atoms with Gasteiger partial charge in [0.15, 0.2) is 0 Å². The van der Waals surface area contributed by atoms with Crippen LogP contribution in [0.3, 0.4) is 0 Å². The minimum absolute atomic E-state index is 0.209. The number of nitrogens with one attached hydrogen (secondary N) is 1. The lowest BCUT2D eigenvalue weighted by Gasteiger charge is -2.38. The van der Waals surface area contributed by atoms with Crippen molar-refractivity contribution in [1.29, 1.82) is 0 Å². The van der Waals surface area contributed by atoms with Crippen molar-refractivity contribution in [2.75, 3.05) is 26.3 Å². The molecule has 3 saturated heterocycles. The lowest BCUT2D eigenvalue weighted by molar-refractivity contribution is -0.136. The summed E-state index contributed by atoms with van der Waals surface area (Å²) in [6.45, 7) is 4.32. The molecular weight excluding hydrogens is 496 g/mol. The van der Waals surface area contributed by atoms with E-state index in [0.29, 0.717) is 36.2 Å². The van der Waals surface area contributed by atoms with Crippen LogP contribution in [0.15, 0.2) is 36.4 Å². The molecule has 0 bridgehead atoms. The molecule has 1 aromatic heterocycles. The number of rotatable bonds is 6. The minimum atomic E-state index is -1.05. The molecule has 9 nitrogen and oxygen atoms in total. The van der Waals surface area contributed by atoms with Crippen LogP contribution in [0.5, 0.6) is 0 Å².